The predicted octanol–water partition coefficient (Wildman–Crippen LogP) is 1.95. The molecule has 0 aromatic carbocycles. The van der Waals surface area contributed by atoms with E-state index >= 15 is 0 Å². The van der Waals surface area contributed by atoms with E-state index < -0.39 is 5.97 Å². The summed E-state index contributed by atoms with van der Waals surface area (Å²) in [6, 6.07) is 0. The molecule has 0 heterocycles. The van der Waals surface area contributed by atoms with Crippen LogP contribution in [0.15, 0.2) is 0 Å². The molecule has 0 unspecified atom stereocenters. The Bertz CT molecular complexity index is 331. The molecular formula is C14H24O6S. The molecule has 0 saturated carbocycles. The highest BCUT2D eigenvalue weighted by Gasteiger charge is 2.15. The lowest BCUT2D eigenvalue weighted by molar-refractivity contribution is -0.149. The molecule has 0 spiro atoms. The topological polar surface area (TPSA) is 78.9 Å². The molecule has 0 saturated heterocycles. The van der Waals surface area contributed by atoms with Crippen molar-refractivity contribution in [3.63, 3.8) is 0 Å². The van der Waals surface area contributed by atoms with Crippen molar-refractivity contribution in [1.82, 2.24) is 0 Å². The number of hydrogen-bond donors (Lipinski definition) is 0. The molecule has 7 heteroatoms. The average molecular weight is 320 g/mol. The predicted molar refractivity (Wildman–Crippen MR) is 80.0 cm³/mol. The van der Waals surface area contributed by atoms with Gasteiger partial charge in [0.1, 0.15) is 12.4 Å². The fourth-order valence-electron chi connectivity index (χ4n) is 1.36. The number of methoxy groups -OCH3 is 1. The first-order valence-electron chi connectivity index (χ1n) is 6.90. The van der Waals surface area contributed by atoms with E-state index in [-0.39, 0.29) is 43.7 Å². The maximum Gasteiger partial charge on any atom is 0.306 e. The molecule has 0 radical (unpaired) electrons. The van der Waals surface area contributed by atoms with E-state index in [0.29, 0.717) is 12.4 Å². The molecule has 0 fully saturated rings. The first-order valence-corrected chi connectivity index (χ1v) is 8.06. The molecule has 0 rings (SSSR count). The van der Waals surface area contributed by atoms with Crippen LogP contribution >= 0.6 is 11.8 Å². The van der Waals surface area contributed by atoms with E-state index in [1.807, 2.05) is 6.92 Å². The highest BCUT2D eigenvalue weighted by Crippen LogP contribution is 2.09. The highest BCUT2D eigenvalue weighted by molar-refractivity contribution is 7.99. The molecule has 0 N–H and O–H groups in total. The molecule has 6 nitrogen and oxygen atoms in total. The third-order valence-corrected chi connectivity index (χ3v) is 3.31. The SMILES string of the molecule is CCSCO[C@H](CCC(=O)OC)COC(=O)CCC(C)=O. The molecule has 0 aliphatic rings. The summed E-state index contributed by atoms with van der Waals surface area (Å²) in [6.07, 6.45) is 0.547. The Balaban J connectivity index is 4.09. The summed E-state index contributed by atoms with van der Waals surface area (Å²) in [4.78, 5) is 33.4. The lowest BCUT2D eigenvalue weighted by Gasteiger charge is -2.17. The maximum atomic E-state index is 11.4. The van der Waals surface area contributed by atoms with Crippen LogP contribution in [-0.2, 0) is 28.6 Å². The summed E-state index contributed by atoms with van der Waals surface area (Å²) in [5.74, 6) is 0.592. The number of ketones is 1. The van der Waals surface area contributed by atoms with Gasteiger partial charge in [-0.2, -0.15) is 0 Å². The fraction of sp³-hybridized carbons (Fsp3) is 0.786. The van der Waals surface area contributed by atoms with E-state index in [2.05, 4.69) is 4.74 Å². The van der Waals surface area contributed by atoms with Crippen LogP contribution in [0.5, 0.6) is 0 Å². The van der Waals surface area contributed by atoms with Crippen LogP contribution in [0.2, 0.25) is 0 Å². The Morgan fingerprint density at radius 1 is 1.10 bits per heavy atom. The Kier molecular flexibility index (Phi) is 12.0. The smallest absolute Gasteiger partial charge is 0.306 e. The number of hydrogen-bond acceptors (Lipinski definition) is 7. The summed E-state index contributed by atoms with van der Waals surface area (Å²) < 4.78 is 15.2. The monoisotopic (exact) mass is 320 g/mol. The third kappa shape index (κ3) is 12.4. The van der Waals surface area contributed by atoms with Gasteiger partial charge in [-0.25, -0.2) is 0 Å². The molecule has 21 heavy (non-hydrogen) atoms. The van der Waals surface area contributed by atoms with E-state index in [1.165, 1.54) is 14.0 Å². The summed E-state index contributed by atoms with van der Waals surface area (Å²) in [6.45, 7) is 3.52. The van der Waals surface area contributed by atoms with Crippen LogP contribution < -0.4 is 0 Å². The third-order valence-electron chi connectivity index (χ3n) is 2.60. The number of carbonyl (C=O) groups is 3. The van der Waals surface area contributed by atoms with Gasteiger partial charge in [0.15, 0.2) is 0 Å². The number of thioether (sulfide) groups is 1. The number of carbonyl (C=O) groups excluding carboxylic acids is 3. The van der Waals surface area contributed by atoms with E-state index in [4.69, 9.17) is 9.47 Å². The summed E-state index contributed by atoms with van der Waals surface area (Å²) in [5.41, 5.74) is 0. The van der Waals surface area contributed by atoms with Crippen LogP contribution in [-0.4, -0.2) is 49.2 Å². The van der Waals surface area contributed by atoms with E-state index in [0.717, 1.165) is 5.75 Å². The van der Waals surface area contributed by atoms with Crippen LogP contribution in [0.1, 0.15) is 39.5 Å². The molecular weight excluding hydrogens is 296 g/mol. The second kappa shape index (κ2) is 12.6. The Morgan fingerprint density at radius 3 is 2.38 bits per heavy atom. The van der Waals surface area contributed by atoms with Gasteiger partial charge in [-0.1, -0.05) is 6.92 Å². The first kappa shape index (κ1) is 19.9. The van der Waals surface area contributed by atoms with Gasteiger partial charge in [-0.05, 0) is 19.1 Å². The zero-order chi connectivity index (χ0) is 16.1. The van der Waals surface area contributed by atoms with Gasteiger partial charge in [0, 0.05) is 12.8 Å². The largest absolute Gasteiger partial charge is 0.469 e. The molecule has 122 valence electrons. The second-order valence-electron chi connectivity index (χ2n) is 4.40. The van der Waals surface area contributed by atoms with Crippen molar-refractivity contribution in [1.29, 1.82) is 0 Å². The van der Waals surface area contributed by atoms with Crippen LogP contribution in [0.4, 0.5) is 0 Å². The standard InChI is InChI=1S/C14H24O6S/c1-4-21-10-20-12(6-8-13(16)18-3)9-19-14(17)7-5-11(2)15/h12H,4-10H2,1-3H3/t12-/m1/s1. The van der Waals surface area contributed by atoms with Crippen molar-refractivity contribution in [3.05, 3.63) is 0 Å². The van der Waals surface area contributed by atoms with Crippen LogP contribution in [0.3, 0.4) is 0 Å². The molecule has 1 atom stereocenters. The number of Topliss-reactive ketones (excluding diaryl/α,β-unsaturated/α-hetero) is 1. The molecule has 0 aromatic heterocycles. The molecule has 0 amide bonds. The van der Waals surface area contributed by atoms with Crippen molar-refractivity contribution < 1.29 is 28.6 Å². The normalized spacial score (nSPS) is 11.8. The van der Waals surface area contributed by atoms with E-state index in [9.17, 15) is 14.4 Å². The van der Waals surface area contributed by atoms with Crippen molar-refractivity contribution in [2.75, 3.05) is 25.4 Å². The molecule has 0 aliphatic carbocycles. The minimum absolute atomic E-state index is 0.0511. The minimum atomic E-state index is -0.431. The Labute approximate surface area is 129 Å². The zero-order valence-corrected chi connectivity index (χ0v) is 13.7. The van der Waals surface area contributed by atoms with Gasteiger partial charge >= 0.3 is 11.9 Å². The maximum absolute atomic E-state index is 11.4. The summed E-state index contributed by atoms with van der Waals surface area (Å²) >= 11 is 1.60. The lowest BCUT2D eigenvalue weighted by Crippen LogP contribution is -2.23. The van der Waals surface area contributed by atoms with E-state index in [1.54, 1.807) is 11.8 Å². The van der Waals surface area contributed by atoms with Gasteiger partial charge in [0.2, 0.25) is 0 Å². The number of esters is 2. The first-order chi connectivity index (χ1) is 9.99. The molecule has 0 aliphatic heterocycles. The summed E-state index contributed by atoms with van der Waals surface area (Å²) in [7, 11) is 1.33. The highest BCUT2D eigenvalue weighted by atomic mass is 32.2. The van der Waals surface area contributed by atoms with Crippen molar-refractivity contribution >= 4 is 29.5 Å². The van der Waals surface area contributed by atoms with Crippen LogP contribution in [0, 0.1) is 0 Å². The van der Waals surface area contributed by atoms with Gasteiger partial charge in [0.25, 0.3) is 0 Å². The zero-order valence-electron chi connectivity index (χ0n) is 12.9. The summed E-state index contributed by atoms with van der Waals surface area (Å²) in [5, 5.41) is 0. The van der Waals surface area contributed by atoms with Crippen molar-refractivity contribution in [3.8, 4) is 0 Å². The Morgan fingerprint density at radius 2 is 1.81 bits per heavy atom. The Hall–Kier alpha value is -1.08. The number of rotatable bonds is 12. The second-order valence-corrected chi connectivity index (χ2v) is 5.62. The van der Waals surface area contributed by atoms with Gasteiger partial charge < -0.3 is 19.0 Å². The van der Waals surface area contributed by atoms with Crippen molar-refractivity contribution in [2.45, 2.75) is 45.6 Å². The number of ether oxygens (including phenoxy) is 3. The fourth-order valence-corrected chi connectivity index (χ4v) is 1.81. The quantitative estimate of drug-likeness (QED) is 0.309. The van der Waals surface area contributed by atoms with Crippen LogP contribution in [0.25, 0.3) is 0 Å². The van der Waals surface area contributed by atoms with Gasteiger partial charge in [0.05, 0.1) is 25.6 Å². The minimum Gasteiger partial charge on any atom is -0.469 e. The molecule has 0 aromatic rings. The lowest BCUT2D eigenvalue weighted by atomic mass is 10.2. The van der Waals surface area contributed by atoms with Crippen molar-refractivity contribution in [2.24, 2.45) is 0 Å². The van der Waals surface area contributed by atoms with Gasteiger partial charge in [-0.3, -0.25) is 9.59 Å². The van der Waals surface area contributed by atoms with Gasteiger partial charge in [-0.15, -0.1) is 11.8 Å². The average Bonchev–Trinajstić information content (AvgIpc) is 2.46. The molecule has 0 bridgehead atoms.